The number of rotatable bonds is 5. The molecule has 1 aromatic heterocycles. The Hall–Kier alpha value is -2.81. The van der Waals surface area contributed by atoms with E-state index >= 15 is 0 Å². The highest BCUT2D eigenvalue weighted by Gasteiger charge is 2.43. The summed E-state index contributed by atoms with van der Waals surface area (Å²) in [5, 5.41) is 11.5. The number of carbonyl (C=O) groups excluding carboxylic acids is 1. The van der Waals surface area contributed by atoms with Crippen molar-refractivity contribution in [1.82, 2.24) is 9.88 Å². The molecule has 0 saturated carbocycles. The number of benzene rings is 2. The summed E-state index contributed by atoms with van der Waals surface area (Å²) >= 11 is 0. The minimum absolute atomic E-state index is 0.0168. The average Bonchev–Trinajstić information content (AvgIpc) is 2.97. The number of sulfonamides is 1. The van der Waals surface area contributed by atoms with Gasteiger partial charge in [0.15, 0.2) is 12.0 Å². The number of fused-ring (bicyclic) bond motifs is 2. The van der Waals surface area contributed by atoms with Crippen molar-refractivity contribution < 1.29 is 27.2 Å². The average molecular weight is 463 g/mol. The third-order valence-corrected chi connectivity index (χ3v) is 6.67. The maximum absolute atomic E-state index is 13.3. The molecule has 1 aliphatic heterocycles. The Labute approximate surface area is 180 Å². The summed E-state index contributed by atoms with van der Waals surface area (Å²) in [7, 11) is -0.328. The van der Waals surface area contributed by atoms with Gasteiger partial charge in [-0.15, -0.1) is 0 Å². The van der Waals surface area contributed by atoms with E-state index in [9.17, 15) is 22.7 Å². The zero-order valence-corrected chi connectivity index (χ0v) is 18.6. The first-order chi connectivity index (χ1) is 14.6. The zero-order chi connectivity index (χ0) is 22.5. The van der Waals surface area contributed by atoms with Crippen LogP contribution in [0, 0.1) is 5.82 Å². The lowest BCUT2D eigenvalue weighted by atomic mass is 10.0. The van der Waals surface area contributed by atoms with E-state index in [2.05, 4.69) is 14.5 Å². The Morgan fingerprint density at radius 3 is 2.58 bits per heavy atom. The van der Waals surface area contributed by atoms with Gasteiger partial charge in [-0.05, 0) is 29.8 Å². The van der Waals surface area contributed by atoms with Crippen LogP contribution in [0.1, 0.15) is 27.7 Å². The van der Waals surface area contributed by atoms with Crippen LogP contribution in [0.3, 0.4) is 0 Å². The van der Waals surface area contributed by atoms with Gasteiger partial charge in [0.2, 0.25) is 10.0 Å². The lowest BCUT2D eigenvalue weighted by Gasteiger charge is -2.25. The lowest BCUT2D eigenvalue weighted by molar-refractivity contribution is 0.0140. The Morgan fingerprint density at radius 1 is 1.29 bits per heavy atom. The quantitative estimate of drug-likeness (QED) is 0.584. The fraction of sp³-hybridized carbons (Fsp3) is 0.200. The summed E-state index contributed by atoms with van der Waals surface area (Å²) in [5.41, 5.74) is 1.16. The highest BCUT2D eigenvalue weighted by molar-refractivity contribution is 7.92. The number of hydrogen-bond acceptors (Lipinski definition) is 6. The molecular formula is C20H19FN3O5PS. The highest BCUT2D eigenvalue weighted by Crippen LogP contribution is 2.49. The molecular weight excluding hydrogens is 444 g/mol. The predicted octanol–water partition coefficient (Wildman–Crippen LogP) is 2.59. The molecule has 0 radical (unpaired) electrons. The van der Waals surface area contributed by atoms with E-state index in [1.54, 1.807) is 12.1 Å². The number of anilines is 1. The van der Waals surface area contributed by atoms with Crippen molar-refractivity contribution in [1.29, 1.82) is 0 Å². The summed E-state index contributed by atoms with van der Waals surface area (Å²) in [4.78, 5) is 18.8. The highest BCUT2D eigenvalue weighted by atomic mass is 32.2. The van der Waals surface area contributed by atoms with E-state index in [1.165, 1.54) is 42.4 Å². The van der Waals surface area contributed by atoms with Gasteiger partial charge in [0, 0.05) is 30.7 Å². The van der Waals surface area contributed by atoms with Crippen molar-refractivity contribution in [3.8, 4) is 5.75 Å². The van der Waals surface area contributed by atoms with Crippen LogP contribution in [0.4, 0.5) is 10.1 Å². The molecule has 0 aliphatic carbocycles. The number of amides is 1. The molecule has 2 aromatic carbocycles. The molecule has 4 rings (SSSR count). The van der Waals surface area contributed by atoms with Crippen molar-refractivity contribution in [2.24, 2.45) is 0 Å². The first-order valence-electron chi connectivity index (χ1n) is 9.13. The molecule has 2 heterocycles. The van der Waals surface area contributed by atoms with E-state index in [0.717, 1.165) is 10.6 Å². The number of pyridine rings is 1. The van der Waals surface area contributed by atoms with Gasteiger partial charge < -0.3 is 14.5 Å². The molecule has 0 spiro atoms. The maximum atomic E-state index is 13.3. The van der Waals surface area contributed by atoms with Crippen LogP contribution in [0.5, 0.6) is 5.75 Å². The predicted molar refractivity (Wildman–Crippen MR) is 117 cm³/mol. The maximum Gasteiger partial charge on any atom is 0.260 e. The van der Waals surface area contributed by atoms with Crippen LogP contribution in [0.2, 0.25) is 0 Å². The van der Waals surface area contributed by atoms with Crippen LogP contribution in [-0.2, 0) is 16.6 Å². The fourth-order valence-electron chi connectivity index (χ4n) is 3.72. The third kappa shape index (κ3) is 3.50. The minimum Gasteiger partial charge on any atom is -0.477 e. The molecule has 8 nitrogen and oxygen atoms in total. The topological polar surface area (TPSA) is 100 Å². The van der Waals surface area contributed by atoms with Gasteiger partial charge in [-0.2, -0.15) is 0 Å². The van der Waals surface area contributed by atoms with E-state index in [4.69, 9.17) is 4.52 Å². The Bertz CT molecular complexity index is 1300. The Balaban J connectivity index is 1.97. The number of nitrogens with zero attached hydrogens (tertiary/aromatic N) is 3. The molecule has 2 atom stereocenters. The number of aliphatic hydroxyl groups excluding tert-OH is 1. The first-order valence-corrected chi connectivity index (χ1v) is 11.5. The summed E-state index contributed by atoms with van der Waals surface area (Å²) in [5.74, 6) is -0.861. The van der Waals surface area contributed by atoms with Gasteiger partial charge in [-0.3, -0.25) is 14.1 Å². The third-order valence-electron chi connectivity index (χ3n) is 5.25. The molecule has 0 saturated heterocycles. The summed E-state index contributed by atoms with van der Waals surface area (Å²) in [6.07, 6.45) is 1.08. The normalized spacial score (nSPS) is 16.0. The van der Waals surface area contributed by atoms with Crippen molar-refractivity contribution in [2.75, 3.05) is 17.6 Å². The first kappa shape index (κ1) is 21.4. The molecule has 31 heavy (non-hydrogen) atoms. The number of hydrogen-bond donors (Lipinski definition) is 1. The van der Waals surface area contributed by atoms with E-state index in [0.29, 0.717) is 10.9 Å². The fourth-order valence-corrected chi connectivity index (χ4v) is 4.48. The van der Waals surface area contributed by atoms with Gasteiger partial charge in [0.25, 0.3) is 5.91 Å². The molecule has 3 aromatic rings. The van der Waals surface area contributed by atoms with Crippen LogP contribution >= 0.6 is 9.47 Å². The molecule has 2 unspecified atom stereocenters. The largest absolute Gasteiger partial charge is 0.477 e. The molecule has 11 heteroatoms. The second kappa shape index (κ2) is 7.71. The van der Waals surface area contributed by atoms with Gasteiger partial charge in [0.05, 0.1) is 27.0 Å². The Kier molecular flexibility index (Phi) is 5.33. The molecule has 1 amide bonds. The zero-order valence-electron chi connectivity index (χ0n) is 16.6. The van der Waals surface area contributed by atoms with Crippen molar-refractivity contribution >= 4 is 42.0 Å². The smallest absolute Gasteiger partial charge is 0.260 e. The van der Waals surface area contributed by atoms with E-state index in [-0.39, 0.29) is 34.6 Å². The molecule has 0 bridgehead atoms. The summed E-state index contributed by atoms with van der Waals surface area (Å²) in [6, 6.07) is 8.80. The summed E-state index contributed by atoms with van der Waals surface area (Å²) < 4.78 is 44.4. The van der Waals surface area contributed by atoms with Crippen molar-refractivity contribution in [2.45, 2.75) is 12.8 Å². The molecule has 0 fully saturated rings. The van der Waals surface area contributed by atoms with Gasteiger partial charge >= 0.3 is 0 Å². The van der Waals surface area contributed by atoms with Crippen LogP contribution in [-0.4, -0.2) is 42.6 Å². The van der Waals surface area contributed by atoms with Gasteiger partial charge in [-0.25, -0.2) is 12.8 Å². The van der Waals surface area contributed by atoms with Crippen LogP contribution in [0.25, 0.3) is 10.9 Å². The number of aliphatic hydroxyl groups is 1. The second-order valence-corrected chi connectivity index (χ2v) is 9.40. The molecule has 1 aliphatic rings. The lowest BCUT2D eigenvalue weighted by Crippen LogP contribution is -2.29. The Morgan fingerprint density at radius 2 is 1.97 bits per heavy atom. The van der Waals surface area contributed by atoms with Gasteiger partial charge in [-0.1, -0.05) is 12.1 Å². The molecule has 1 N–H and O–H groups in total. The number of carbonyl (C=O) groups is 1. The SMILES string of the molecule is CN(c1c2c(c(OP)c3ncccc13)C(=O)N(Cc1ccc(F)cc1)C2O)S(C)(=O)=O. The minimum atomic E-state index is -3.73. The van der Waals surface area contributed by atoms with Crippen molar-refractivity contribution in [3.63, 3.8) is 0 Å². The van der Waals surface area contributed by atoms with Crippen LogP contribution < -0.4 is 8.83 Å². The van der Waals surface area contributed by atoms with Gasteiger partial charge in [0.1, 0.15) is 11.3 Å². The standard InChI is InChI=1S/C20H19FN3O5PS/c1-23(31(2,27)28)17-13-4-3-9-22-16(13)18(29-30)15-14(17)19(25)24(20(15)26)10-11-5-7-12(21)8-6-11/h3-9,19,25H,10,30H2,1-2H3. The summed E-state index contributed by atoms with van der Waals surface area (Å²) in [6.45, 7) is -0.0168. The van der Waals surface area contributed by atoms with E-state index < -0.39 is 28.0 Å². The monoisotopic (exact) mass is 463 g/mol. The van der Waals surface area contributed by atoms with Crippen molar-refractivity contribution in [3.05, 3.63) is 65.1 Å². The van der Waals surface area contributed by atoms with E-state index in [1.807, 2.05) is 0 Å². The van der Waals surface area contributed by atoms with Crippen LogP contribution in [0.15, 0.2) is 42.6 Å². The number of aromatic nitrogens is 1. The number of halogens is 1. The second-order valence-electron chi connectivity index (χ2n) is 7.15. The molecule has 162 valence electrons.